The molecular weight excluding hydrogens is 865 g/mol. The molecule has 0 aliphatic heterocycles. The monoisotopic (exact) mass is 965 g/mol. The predicted molar refractivity (Wildman–Crippen MR) is 302 cm³/mol. The van der Waals surface area contributed by atoms with Crippen LogP contribution in [0.25, 0.3) is 0 Å². The topological polar surface area (TPSA) is 78.9 Å². The van der Waals surface area contributed by atoms with Gasteiger partial charge in [-0.05, 0) is 83.5 Å². The summed E-state index contributed by atoms with van der Waals surface area (Å²) >= 11 is 0. The summed E-state index contributed by atoms with van der Waals surface area (Å²) in [7, 11) is 0. The van der Waals surface area contributed by atoms with Gasteiger partial charge < -0.3 is 14.2 Å². The van der Waals surface area contributed by atoms with Crippen molar-refractivity contribution in [2.24, 2.45) is 0 Å². The molecule has 0 fully saturated rings. The van der Waals surface area contributed by atoms with Gasteiger partial charge in [-0.15, -0.1) is 0 Å². The van der Waals surface area contributed by atoms with E-state index in [4.69, 9.17) is 14.2 Å². The molecule has 0 aromatic carbocycles. The van der Waals surface area contributed by atoms with Gasteiger partial charge in [-0.3, -0.25) is 14.4 Å². The van der Waals surface area contributed by atoms with Crippen molar-refractivity contribution in [1.82, 2.24) is 0 Å². The summed E-state index contributed by atoms with van der Waals surface area (Å²) < 4.78 is 16.8. The second-order valence-electron chi connectivity index (χ2n) is 18.0. The molecule has 0 saturated carbocycles. The van der Waals surface area contributed by atoms with E-state index in [9.17, 15) is 14.4 Å². The third-order valence-corrected chi connectivity index (χ3v) is 11.3. The van der Waals surface area contributed by atoms with E-state index >= 15 is 0 Å². The fraction of sp³-hybridized carbons (Fsp3) is 0.578. The lowest BCUT2D eigenvalue weighted by Gasteiger charge is -2.18. The third kappa shape index (κ3) is 54.2. The highest BCUT2D eigenvalue weighted by molar-refractivity contribution is 5.71. The molecule has 0 amide bonds. The summed E-state index contributed by atoms with van der Waals surface area (Å²) in [6.07, 6.45) is 81.1. The van der Waals surface area contributed by atoms with Crippen molar-refractivity contribution in [2.75, 3.05) is 13.2 Å². The molecule has 0 radical (unpaired) electrons. The number of carbonyl (C=O) groups is 3. The average Bonchev–Trinajstić information content (AvgIpc) is 3.36. The molecule has 70 heavy (non-hydrogen) atoms. The Morgan fingerprint density at radius 1 is 0.300 bits per heavy atom. The number of unbranched alkanes of at least 4 members (excludes halogenated alkanes) is 22. The molecule has 0 N–H and O–H groups in total. The highest BCUT2D eigenvalue weighted by atomic mass is 16.6. The lowest BCUT2D eigenvalue weighted by atomic mass is 10.1. The summed E-state index contributed by atoms with van der Waals surface area (Å²) in [6.45, 7) is 6.28. The van der Waals surface area contributed by atoms with Gasteiger partial charge in [0.1, 0.15) is 13.2 Å². The number of hydrogen-bond acceptors (Lipinski definition) is 6. The fourth-order valence-electron chi connectivity index (χ4n) is 7.18. The summed E-state index contributed by atoms with van der Waals surface area (Å²) in [5, 5.41) is 0. The van der Waals surface area contributed by atoms with Crippen molar-refractivity contribution >= 4 is 17.9 Å². The van der Waals surface area contributed by atoms with E-state index < -0.39 is 6.10 Å². The molecule has 1 atom stereocenters. The van der Waals surface area contributed by atoms with Gasteiger partial charge in [-0.25, -0.2) is 0 Å². The number of carbonyl (C=O) groups excluding carboxylic acids is 3. The summed E-state index contributed by atoms with van der Waals surface area (Å²) in [4.78, 5) is 38.1. The Hall–Kier alpha value is -4.71. The number of allylic oxidation sites excluding steroid dienone is 24. The standard InChI is InChI=1S/C64H100O6/c1-4-7-10-13-16-19-22-25-28-30-32-34-36-39-42-45-48-51-54-57-63(66)69-60-61(59-68-62(65)56-53-50-47-44-41-38-35-27-24-21-18-15-12-9-6-3)70-64(67)58-55-52-49-46-43-40-37-33-31-29-26-23-20-17-14-11-8-5-2/h7,9-10,12-13,15-16,18-19,21-22,24-25,28-34,36-37,39,42,61H,4-6,8,11,14,17,20,23,26-27,35,38,40-41,43-60H2,1-3H3/b10-7-,12-9-,16-13-,18-15-,22-19-,24-21-,28-25-,31-29-,32-30+,36-34-,37-33-,42-39-. The first-order valence-corrected chi connectivity index (χ1v) is 28.0. The van der Waals surface area contributed by atoms with Crippen LogP contribution in [0.2, 0.25) is 0 Å². The molecule has 6 heteroatoms. The molecule has 0 aliphatic carbocycles. The van der Waals surface area contributed by atoms with Gasteiger partial charge in [0.2, 0.25) is 0 Å². The van der Waals surface area contributed by atoms with Crippen LogP contribution in [0.3, 0.4) is 0 Å². The molecule has 0 rings (SSSR count). The van der Waals surface area contributed by atoms with Gasteiger partial charge in [0, 0.05) is 19.3 Å². The molecular formula is C64H100O6. The van der Waals surface area contributed by atoms with E-state index in [0.717, 1.165) is 103 Å². The normalized spacial score (nSPS) is 13.2. The van der Waals surface area contributed by atoms with Gasteiger partial charge in [0.05, 0.1) is 0 Å². The molecule has 0 aromatic heterocycles. The Balaban J connectivity index is 4.57. The highest BCUT2D eigenvalue weighted by Crippen LogP contribution is 2.14. The van der Waals surface area contributed by atoms with E-state index in [1.54, 1.807) is 0 Å². The SMILES string of the molecule is CC\C=C/C=C\C=C/C=C\C=C\C=C/C=C\CCCCCC(=O)OCC(COC(=O)CCCCCCCCC\C=C/C=C\C=C/CC)OC(=O)CCCCCCC/C=C\C=C/CCCCCCCCC. The Kier molecular flexibility index (Phi) is 53.0. The summed E-state index contributed by atoms with van der Waals surface area (Å²) in [5.74, 6) is -0.991. The van der Waals surface area contributed by atoms with Crippen LogP contribution in [-0.4, -0.2) is 37.2 Å². The first kappa shape index (κ1) is 65.3. The van der Waals surface area contributed by atoms with Crippen molar-refractivity contribution in [1.29, 1.82) is 0 Å². The maximum Gasteiger partial charge on any atom is 0.306 e. The number of hydrogen-bond donors (Lipinski definition) is 0. The number of rotatable bonds is 48. The molecule has 6 nitrogen and oxygen atoms in total. The molecule has 1 unspecified atom stereocenters. The molecule has 0 spiro atoms. The van der Waals surface area contributed by atoms with E-state index in [1.165, 1.54) is 77.0 Å². The second-order valence-corrected chi connectivity index (χ2v) is 18.0. The Labute approximate surface area is 429 Å². The Morgan fingerprint density at radius 2 is 0.557 bits per heavy atom. The van der Waals surface area contributed by atoms with E-state index in [0.29, 0.717) is 19.3 Å². The second kappa shape index (κ2) is 56.9. The summed E-state index contributed by atoms with van der Waals surface area (Å²) in [5.41, 5.74) is 0. The fourth-order valence-corrected chi connectivity index (χ4v) is 7.18. The van der Waals surface area contributed by atoms with Crippen LogP contribution in [0.5, 0.6) is 0 Å². The molecule has 392 valence electrons. The zero-order valence-electron chi connectivity index (χ0n) is 44.7. The van der Waals surface area contributed by atoms with Crippen molar-refractivity contribution in [2.45, 2.75) is 226 Å². The summed E-state index contributed by atoms with van der Waals surface area (Å²) in [6, 6.07) is 0. The molecule has 0 saturated heterocycles. The minimum atomic E-state index is -0.818. The van der Waals surface area contributed by atoms with Crippen LogP contribution >= 0.6 is 0 Å². The average molecular weight is 965 g/mol. The van der Waals surface area contributed by atoms with Crippen LogP contribution < -0.4 is 0 Å². The predicted octanol–water partition coefficient (Wildman–Crippen LogP) is 18.8. The van der Waals surface area contributed by atoms with Crippen LogP contribution in [0.1, 0.15) is 220 Å². The van der Waals surface area contributed by atoms with Crippen LogP contribution in [-0.2, 0) is 28.6 Å². The smallest absolute Gasteiger partial charge is 0.306 e. The molecule has 0 bridgehead atoms. The highest BCUT2D eigenvalue weighted by Gasteiger charge is 2.19. The molecule has 0 aliphatic rings. The van der Waals surface area contributed by atoms with Crippen LogP contribution in [0.4, 0.5) is 0 Å². The lowest BCUT2D eigenvalue weighted by Crippen LogP contribution is -2.30. The van der Waals surface area contributed by atoms with E-state index in [-0.39, 0.29) is 31.1 Å². The third-order valence-electron chi connectivity index (χ3n) is 11.3. The Bertz CT molecular complexity index is 1580. The van der Waals surface area contributed by atoms with Gasteiger partial charge >= 0.3 is 17.9 Å². The van der Waals surface area contributed by atoms with Crippen molar-refractivity contribution in [3.05, 3.63) is 146 Å². The maximum atomic E-state index is 12.9. The van der Waals surface area contributed by atoms with Crippen molar-refractivity contribution in [3.8, 4) is 0 Å². The first-order valence-electron chi connectivity index (χ1n) is 28.0. The zero-order chi connectivity index (χ0) is 50.7. The van der Waals surface area contributed by atoms with Gasteiger partial charge in [0.25, 0.3) is 0 Å². The van der Waals surface area contributed by atoms with Crippen molar-refractivity contribution in [3.63, 3.8) is 0 Å². The van der Waals surface area contributed by atoms with E-state index in [2.05, 4.69) is 93.7 Å². The van der Waals surface area contributed by atoms with E-state index in [1.807, 2.05) is 72.9 Å². The minimum Gasteiger partial charge on any atom is -0.462 e. The minimum absolute atomic E-state index is 0.112. The quantitative estimate of drug-likeness (QED) is 0.0262. The van der Waals surface area contributed by atoms with Crippen LogP contribution in [0.15, 0.2) is 146 Å². The van der Waals surface area contributed by atoms with Crippen molar-refractivity contribution < 1.29 is 28.6 Å². The number of ether oxygens (including phenoxy) is 3. The van der Waals surface area contributed by atoms with Gasteiger partial charge in [-0.2, -0.15) is 0 Å². The molecule has 0 aromatic rings. The zero-order valence-corrected chi connectivity index (χ0v) is 44.7. The largest absolute Gasteiger partial charge is 0.462 e. The Morgan fingerprint density at radius 3 is 0.900 bits per heavy atom. The first-order chi connectivity index (χ1) is 34.5. The van der Waals surface area contributed by atoms with Gasteiger partial charge in [-0.1, -0.05) is 263 Å². The molecule has 0 heterocycles. The van der Waals surface area contributed by atoms with Gasteiger partial charge in [0.15, 0.2) is 6.10 Å². The number of esters is 3. The van der Waals surface area contributed by atoms with Crippen LogP contribution in [0, 0.1) is 0 Å². The maximum absolute atomic E-state index is 12.9. The lowest BCUT2D eigenvalue weighted by molar-refractivity contribution is -0.167.